The fourth-order valence-electron chi connectivity index (χ4n) is 3.73. The van der Waals surface area contributed by atoms with Crippen molar-refractivity contribution in [3.05, 3.63) is 30.1 Å². The van der Waals surface area contributed by atoms with Crippen molar-refractivity contribution in [2.45, 2.75) is 44.2 Å². The third kappa shape index (κ3) is 3.39. The van der Waals surface area contributed by atoms with E-state index in [-0.39, 0.29) is 6.04 Å². The van der Waals surface area contributed by atoms with E-state index in [1.807, 2.05) is 17.9 Å². The highest BCUT2D eigenvalue weighted by molar-refractivity contribution is 6.01. The highest BCUT2D eigenvalue weighted by atomic mass is 15.3. The molecule has 2 aliphatic rings. The number of hydrogen-bond acceptors (Lipinski definition) is 5. The quantitative estimate of drug-likeness (QED) is 0.800. The van der Waals surface area contributed by atoms with E-state index in [2.05, 4.69) is 45.1 Å². The third-order valence-electron chi connectivity index (χ3n) is 5.08. The predicted molar refractivity (Wildman–Crippen MR) is 104 cm³/mol. The number of rotatable bonds is 4. The van der Waals surface area contributed by atoms with Crippen LogP contribution in [0.25, 0.3) is 10.9 Å². The fourth-order valence-corrected chi connectivity index (χ4v) is 3.73. The van der Waals surface area contributed by atoms with E-state index in [1.165, 1.54) is 12.8 Å². The topological polar surface area (TPSA) is 80.3 Å². The first-order valence-electron chi connectivity index (χ1n) is 9.16. The van der Waals surface area contributed by atoms with E-state index < -0.39 is 0 Å². The average Bonchev–Trinajstić information content (AvgIpc) is 3.02. The number of hydrogen-bond donors (Lipinski definition) is 3. The second-order valence-electron chi connectivity index (χ2n) is 7.03. The predicted octanol–water partition coefficient (Wildman–Crippen LogP) is 3.03. The highest BCUT2D eigenvalue weighted by Crippen LogP contribution is 2.31. The van der Waals surface area contributed by atoms with Gasteiger partial charge in [-0.2, -0.15) is 5.10 Å². The Hall–Kier alpha value is -2.34. The van der Waals surface area contributed by atoms with Crippen LogP contribution in [0.5, 0.6) is 0 Å². The molecule has 1 aliphatic carbocycles. The summed E-state index contributed by atoms with van der Waals surface area (Å²) >= 11 is 0. The Kier molecular flexibility index (Phi) is 4.44. The zero-order valence-electron chi connectivity index (χ0n) is 14.7. The number of nitrogens with zero attached hydrogens (tertiary/aromatic N) is 3. The molecule has 6 nitrogen and oxygen atoms in total. The molecule has 0 spiro atoms. The van der Waals surface area contributed by atoms with E-state index >= 15 is 0 Å². The lowest BCUT2D eigenvalue weighted by Gasteiger charge is -2.30. The minimum atomic E-state index is 0.217. The molecule has 132 valence electrons. The molecular weight excluding hydrogens is 312 g/mol. The van der Waals surface area contributed by atoms with Crippen LogP contribution in [0.15, 0.2) is 35.1 Å². The lowest BCUT2D eigenvalue weighted by Crippen LogP contribution is -2.42. The summed E-state index contributed by atoms with van der Waals surface area (Å²) in [6.45, 7) is 0.873. The van der Waals surface area contributed by atoms with Crippen molar-refractivity contribution in [2.24, 2.45) is 17.8 Å². The molecule has 1 fully saturated rings. The van der Waals surface area contributed by atoms with Crippen LogP contribution in [-0.4, -0.2) is 34.6 Å². The van der Waals surface area contributed by atoms with Crippen LogP contribution >= 0.6 is 0 Å². The van der Waals surface area contributed by atoms with Crippen LogP contribution < -0.4 is 16.4 Å². The van der Waals surface area contributed by atoms with Gasteiger partial charge in [-0.3, -0.25) is 9.67 Å². The molecule has 1 aliphatic heterocycles. The van der Waals surface area contributed by atoms with Gasteiger partial charge in [-0.1, -0.05) is 18.9 Å². The first-order valence-corrected chi connectivity index (χ1v) is 9.16. The molecule has 0 amide bonds. The number of dihydropyridines is 1. The molecule has 2 atom stereocenters. The van der Waals surface area contributed by atoms with Gasteiger partial charge in [-0.05, 0) is 31.4 Å². The summed E-state index contributed by atoms with van der Waals surface area (Å²) in [5.74, 6) is 0. The zero-order valence-corrected chi connectivity index (χ0v) is 14.7. The monoisotopic (exact) mass is 338 g/mol. The second kappa shape index (κ2) is 6.88. The summed E-state index contributed by atoms with van der Waals surface area (Å²) in [4.78, 5) is 4.34. The van der Waals surface area contributed by atoms with Gasteiger partial charge in [0, 0.05) is 49.2 Å². The second-order valence-corrected chi connectivity index (χ2v) is 7.03. The summed E-state index contributed by atoms with van der Waals surface area (Å²) in [5, 5.41) is 12.9. The van der Waals surface area contributed by atoms with E-state index in [9.17, 15) is 0 Å². The van der Waals surface area contributed by atoms with Gasteiger partial charge in [0.1, 0.15) is 5.52 Å². The van der Waals surface area contributed by atoms with Gasteiger partial charge in [0.2, 0.25) is 0 Å². The number of benzene rings is 1. The summed E-state index contributed by atoms with van der Waals surface area (Å²) in [7, 11) is 1.96. The van der Waals surface area contributed by atoms with E-state index in [0.29, 0.717) is 6.04 Å². The fraction of sp³-hybridized carbons (Fsp3) is 0.474. The minimum absolute atomic E-state index is 0.217. The first-order chi connectivity index (χ1) is 12.2. The van der Waals surface area contributed by atoms with Crippen molar-refractivity contribution in [1.29, 1.82) is 0 Å². The first kappa shape index (κ1) is 16.1. The third-order valence-corrected chi connectivity index (χ3v) is 5.08. The summed E-state index contributed by atoms with van der Waals surface area (Å²) < 4.78 is 1.87. The Labute approximate surface area is 148 Å². The largest absolute Gasteiger partial charge is 0.379 e. The SMILES string of the molecule is Cn1cc2c(NC3=CCCN=C3)ccc(N[C@@H]3CCCC[C@@H]3N)c2n1. The molecule has 0 saturated heterocycles. The smallest absolute Gasteiger partial charge is 0.117 e. The summed E-state index contributed by atoms with van der Waals surface area (Å²) in [6, 6.07) is 4.77. The molecule has 2 heterocycles. The molecule has 0 radical (unpaired) electrons. The van der Waals surface area contributed by atoms with E-state index in [1.54, 1.807) is 0 Å². The van der Waals surface area contributed by atoms with Gasteiger partial charge in [-0.25, -0.2) is 0 Å². The molecule has 4 N–H and O–H groups in total. The van der Waals surface area contributed by atoms with Crippen LogP contribution in [0, 0.1) is 0 Å². The van der Waals surface area contributed by atoms with Crippen molar-refractivity contribution < 1.29 is 0 Å². The molecule has 1 saturated carbocycles. The molecule has 6 heteroatoms. The standard InChI is InChI=1S/C19H26N6/c1-25-12-14-16(22-13-5-4-10-21-11-13)8-9-18(19(14)24-25)23-17-7-3-2-6-15(17)20/h5,8-9,11-12,15,17,22-23H,2-4,6-7,10,20H2,1H3/t15-,17+/m0/s1. The number of aryl methyl sites for hydroxylation is 1. The van der Waals surface area contributed by atoms with Gasteiger partial charge in [0.25, 0.3) is 0 Å². The maximum atomic E-state index is 6.31. The molecule has 2 aromatic rings. The number of anilines is 2. The molecule has 1 aromatic heterocycles. The highest BCUT2D eigenvalue weighted by Gasteiger charge is 2.23. The average molecular weight is 338 g/mol. The van der Waals surface area contributed by atoms with Crippen LogP contribution in [0.2, 0.25) is 0 Å². The Morgan fingerprint density at radius 2 is 2.04 bits per heavy atom. The lowest BCUT2D eigenvalue weighted by molar-refractivity contribution is 0.404. The van der Waals surface area contributed by atoms with E-state index in [0.717, 1.165) is 53.8 Å². The van der Waals surface area contributed by atoms with Crippen LogP contribution in [0.4, 0.5) is 11.4 Å². The summed E-state index contributed by atoms with van der Waals surface area (Å²) in [5.41, 5.74) is 10.5. The normalized spacial score (nSPS) is 23.5. The van der Waals surface area contributed by atoms with Crippen molar-refractivity contribution in [3.8, 4) is 0 Å². The number of allylic oxidation sites excluding steroid dienone is 1. The zero-order chi connectivity index (χ0) is 17.2. The van der Waals surface area contributed by atoms with Gasteiger partial charge in [0.15, 0.2) is 0 Å². The number of nitrogens with two attached hydrogens (primary N) is 1. The Morgan fingerprint density at radius 1 is 1.20 bits per heavy atom. The van der Waals surface area contributed by atoms with Crippen molar-refractivity contribution in [2.75, 3.05) is 17.2 Å². The van der Waals surface area contributed by atoms with Crippen LogP contribution in [0.1, 0.15) is 32.1 Å². The van der Waals surface area contributed by atoms with Crippen molar-refractivity contribution in [1.82, 2.24) is 9.78 Å². The number of nitrogens with one attached hydrogen (secondary N) is 2. The van der Waals surface area contributed by atoms with Crippen molar-refractivity contribution in [3.63, 3.8) is 0 Å². The molecule has 4 rings (SSSR count). The summed E-state index contributed by atoms with van der Waals surface area (Å²) in [6.07, 6.45) is 11.8. The van der Waals surface area contributed by atoms with Gasteiger partial charge < -0.3 is 16.4 Å². The molecule has 1 aromatic carbocycles. The molecular formula is C19H26N6. The number of aromatic nitrogens is 2. The number of fused-ring (bicyclic) bond motifs is 1. The Bertz CT molecular complexity index is 819. The maximum absolute atomic E-state index is 6.31. The van der Waals surface area contributed by atoms with Crippen LogP contribution in [0.3, 0.4) is 0 Å². The van der Waals surface area contributed by atoms with Gasteiger partial charge in [0.05, 0.1) is 11.4 Å². The Balaban J connectivity index is 1.64. The van der Waals surface area contributed by atoms with Gasteiger partial charge in [-0.15, -0.1) is 0 Å². The molecule has 0 bridgehead atoms. The van der Waals surface area contributed by atoms with E-state index in [4.69, 9.17) is 5.73 Å². The maximum Gasteiger partial charge on any atom is 0.117 e. The van der Waals surface area contributed by atoms with Crippen LogP contribution in [-0.2, 0) is 7.05 Å². The lowest BCUT2D eigenvalue weighted by atomic mass is 9.91. The van der Waals surface area contributed by atoms with Crippen molar-refractivity contribution >= 4 is 28.5 Å². The van der Waals surface area contributed by atoms with Gasteiger partial charge >= 0.3 is 0 Å². The molecule has 0 unspecified atom stereocenters. The Morgan fingerprint density at radius 3 is 2.84 bits per heavy atom. The number of aliphatic imine (C=N–C) groups is 1. The minimum Gasteiger partial charge on any atom is -0.379 e. The molecule has 25 heavy (non-hydrogen) atoms.